The number of aromatic nitrogens is 1. The van der Waals surface area contributed by atoms with Crippen LogP contribution < -0.4 is 4.90 Å². The van der Waals surface area contributed by atoms with Crippen LogP contribution in [0.4, 0.5) is 18.9 Å². The summed E-state index contributed by atoms with van der Waals surface area (Å²) in [6.07, 6.45) is -0.0585. The average molecular weight is 411 g/mol. The maximum atomic E-state index is 13.0. The maximum absolute atomic E-state index is 13.0. The molecular formula is C20H25F3N4S. The van der Waals surface area contributed by atoms with Crippen molar-refractivity contribution in [3.63, 3.8) is 0 Å². The van der Waals surface area contributed by atoms with E-state index in [1.807, 2.05) is 11.6 Å². The summed E-state index contributed by atoms with van der Waals surface area (Å²) in [6.45, 7) is 6.40. The van der Waals surface area contributed by atoms with E-state index in [9.17, 15) is 13.2 Å². The van der Waals surface area contributed by atoms with E-state index in [2.05, 4.69) is 19.7 Å². The Morgan fingerprint density at radius 2 is 1.93 bits per heavy atom. The third-order valence-corrected chi connectivity index (χ3v) is 6.46. The molecule has 1 aromatic carbocycles. The smallest absolute Gasteiger partial charge is 0.369 e. The lowest BCUT2D eigenvalue weighted by atomic mass is 10.0. The molecule has 1 atom stereocenters. The van der Waals surface area contributed by atoms with Gasteiger partial charge in [-0.3, -0.25) is 9.80 Å². The lowest BCUT2D eigenvalue weighted by molar-refractivity contribution is -0.137. The average Bonchev–Trinajstić information content (AvgIpc) is 3.21. The number of rotatable bonds is 4. The summed E-state index contributed by atoms with van der Waals surface area (Å²) in [5.74, 6) is 0. The molecule has 0 unspecified atom stereocenters. The molecule has 0 amide bonds. The second-order valence-corrected chi connectivity index (χ2v) is 8.51. The summed E-state index contributed by atoms with van der Waals surface area (Å²) in [7, 11) is 0. The molecule has 0 bridgehead atoms. The van der Waals surface area contributed by atoms with Crippen LogP contribution in [0, 0.1) is 0 Å². The van der Waals surface area contributed by atoms with Gasteiger partial charge >= 0.3 is 6.18 Å². The van der Waals surface area contributed by atoms with Gasteiger partial charge in [-0.2, -0.15) is 13.2 Å². The number of likely N-dealkylation sites (tertiary alicyclic amines) is 1. The fourth-order valence-electron chi connectivity index (χ4n) is 4.22. The first-order valence-corrected chi connectivity index (χ1v) is 10.6. The topological polar surface area (TPSA) is 22.6 Å². The SMILES string of the molecule is FC(F)(F)c1cccc(N2CCN([C@H]3CCCN(Cc4nccs4)C3)CC2)c1. The molecule has 2 aromatic rings. The normalized spacial score (nSPS) is 22.5. The van der Waals surface area contributed by atoms with E-state index < -0.39 is 11.7 Å². The van der Waals surface area contributed by atoms with Crippen LogP contribution in [0.2, 0.25) is 0 Å². The van der Waals surface area contributed by atoms with Crippen molar-refractivity contribution in [1.29, 1.82) is 0 Å². The van der Waals surface area contributed by atoms with Crippen LogP contribution >= 0.6 is 11.3 Å². The number of hydrogen-bond donors (Lipinski definition) is 0. The zero-order valence-electron chi connectivity index (χ0n) is 15.7. The third-order valence-electron chi connectivity index (χ3n) is 5.69. The Labute approximate surface area is 167 Å². The van der Waals surface area contributed by atoms with Crippen LogP contribution in [0.15, 0.2) is 35.8 Å². The molecule has 28 heavy (non-hydrogen) atoms. The second kappa shape index (κ2) is 8.39. The summed E-state index contributed by atoms with van der Waals surface area (Å²) < 4.78 is 38.9. The van der Waals surface area contributed by atoms with Crippen molar-refractivity contribution in [3.05, 3.63) is 46.4 Å². The number of piperidine rings is 1. The Balaban J connectivity index is 1.32. The van der Waals surface area contributed by atoms with E-state index >= 15 is 0 Å². The Bertz CT molecular complexity index is 757. The van der Waals surface area contributed by atoms with Crippen LogP contribution in [0.3, 0.4) is 0 Å². The zero-order chi connectivity index (χ0) is 19.6. The van der Waals surface area contributed by atoms with Crippen LogP contribution in [-0.4, -0.2) is 60.1 Å². The minimum atomic E-state index is -4.29. The van der Waals surface area contributed by atoms with Crippen molar-refractivity contribution in [2.45, 2.75) is 31.6 Å². The molecule has 1 aromatic heterocycles. The van der Waals surface area contributed by atoms with Gasteiger partial charge in [-0.05, 0) is 37.6 Å². The van der Waals surface area contributed by atoms with Crippen molar-refractivity contribution in [1.82, 2.24) is 14.8 Å². The standard InChI is InChI=1S/C20H25F3N4S/c21-20(22,23)16-3-1-4-17(13-16)26-8-10-27(11-9-26)18-5-2-7-25(14-18)15-19-24-6-12-28-19/h1,3-4,6,12-13,18H,2,5,7-11,14-15H2/t18-/m0/s1. The highest BCUT2D eigenvalue weighted by molar-refractivity contribution is 7.09. The van der Waals surface area contributed by atoms with Gasteiger partial charge in [0.25, 0.3) is 0 Å². The van der Waals surface area contributed by atoms with Gasteiger partial charge in [-0.15, -0.1) is 11.3 Å². The Kier molecular flexibility index (Phi) is 5.89. The van der Waals surface area contributed by atoms with Crippen LogP contribution in [0.25, 0.3) is 0 Å². The first-order chi connectivity index (χ1) is 13.5. The number of anilines is 1. The highest BCUT2D eigenvalue weighted by Crippen LogP contribution is 2.32. The predicted molar refractivity (Wildman–Crippen MR) is 106 cm³/mol. The highest BCUT2D eigenvalue weighted by Gasteiger charge is 2.32. The molecule has 2 saturated heterocycles. The molecule has 0 N–H and O–H groups in total. The molecular weight excluding hydrogens is 385 g/mol. The quantitative estimate of drug-likeness (QED) is 0.761. The number of thiazole rings is 1. The van der Waals surface area contributed by atoms with Crippen LogP contribution in [0.1, 0.15) is 23.4 Å². The van der Waals surface area contributed by atoms with Gasteiger partial charge in [-0.25, -0.2) is 4.98 Å². The summed E-state index contributed by atoms with van der Waals surface area (Å²) in [4.78, 5) is 11.5. The minimum absolute atomic E-state index is 0.525. The van der Waals surface area contributed by atoms with Crippen molar-refractivity contribution in [2.75, 3.05) is 44.2 Å². The Hall–Kier alpha value is -1.64. The molecule has 4 nitrogen and oxygen atoms in total. The molecule has 0 radical (unpaired) electrons. The molecule has 0 saturated carbocycles. The van der Waals surface area contributed by atoms with E-state index in [-0.39, 0.29) is 0 Å². The molecule has 152 valence electrons. The first kappa shape index (κ1) is 19.7. The number of piperazine rings is 1. The number of benzene rings is 1. The summed E-state index contributed by atoms with van der Waals surface area (Å²) in [5, 5.41) is 3.18. The van der Waals surface area contributed by atoms with Gasteiger partial charge in [0, 0.05) is 56.0 Å². The fraction of sp³-hybridized carbons (Fsp3) is 0.550. The lowest BCUT2D eigenvalue weighted by Crippen LogP contribution is -2.55. The lowest BCUT2D eigenvalue weighted by Gasteiger charge is -2.44. The van der Waals surface area contributed by atoms with Gasteiger partial charge in [0.2, 0.25) is 0 Å². The van der Waals surface area contributed by atoms with Gasteiger partial charge in [0.15, 0.2) is 0 Å². The van der Waals surface area contributed by atoms with Gasteiger partial charge in [0.05, 0.1) is 12.1 Å². The van der Waals surface area contributed by atoms with Crippen LogP contribution in [0.5, 0.6) is 0 Å². The number of halogens is 3. The number of nitrogens with zero attached hydrogens (tertiary/aromatic N) is 4. The van der Waals surface area contributed by atoms with E-state index in [1.165, 1.54) is 25.0 Å². The predicted octanol–water partition coefficient (Wildman–Crippen LogP) is 3.95. The molecule has 4 rings (SSSR count). The first-order valence-electron chi connectivity index (χ1n) is 9.76. The molecule has 2 aliphatic heterocycles. The van der Waals surface area contributed by atoms with Gasteiger partial charge in [0.1, 0.15) is 5.01 Å². The van der Waals surface area contributed by atoms with E-state index in [0.717, 1.165) is 56.9 Å². The monoisotopic (exact) mass is 410 g/mol. The Morgan fingerprint density at radius 1 is 1.11 bits per heavy atom. The van der Waals surface area contributed by atoms with Crippen molar-refractivity contribution in [3.8, 4) is 0 Å². The summed E-state index contributed by atoms with van der Waals surface area (Å²) in [6, 6.07) is 6.21. The molecule has 0 aliphatic carbocycles. The summed E-state index contributed by atoms with van der Waals surface area (Å²) in [5.41, 5.74) is 0.0982. The molecule has 3 heterocycles. The molecule has 0 spiro atoms. The third kappa shape index (κ3) is 4.67. The fourth-order valence-corrected chi connectivity index (χ4v) is 4.88. The van der Waals surface area contributed by atoms with E-state index in [0.29, 0.717) is 11.7 Å². The largest absolute Gasteiger partial charge is 0.416 e. The number of hydrogen-bond acceptors (Lipinski definition) is 5. The second-order valence-electron chi connectivity index (χ2n) is 7.53. The maximum Gasteiger partial charge on any atom is 0.416 e. The number of alkyl halides is 3. The summed E-state index contributed by atoms with van der Waals surface area (Å²) >= 11 is 1.70. The Morgan fingerprint density at radius 3 is 2.64 bits per heavy atom. The van der Waals surface area contributed by atoms with Crippen LogP contribution in [-0.2, 0) is 12.7 Å². The minimum Gasteiger partial charge on any atom is -0.369 e. The molecule has 2 aliphatic rings. The van der Waals surface area contributed by atoms with Gasteiger partial charge in [-0.1, -0.05) is 6.07 Å². The van der Waals surface area contributed by atoms with E-state index in [4.69, 9.17) is 0 Å². The van der Waals surface area contributed by atoms with Gasteiger partial charge < -0.3 is 4.90 Å². The van der Waals surface area contributed by atoms with Crippen molar-refractivity contribution < 1.29 is 13.2 Å². The van der Waals surface area contributed by atoms with Crippen molar-refractivity contribution in [2.24, 2.45) is 0 Å². The molecule has 2 fully saturated rings. The zero-order valence-corrected chi connectivity index (χ0v) is 16.6. The van der Waals surface area contributed by atoms with Crippen molar-refractivity contribution >= 4 is 17.0 Å². The van der Waals surface area contributed by atoms with E-state index in [1.54, 1.807) is 17.4 Å². The molecule has 8 heteroatoms. The highest BCUT2D eigenvalue weighted by atomic mass is 32.1.